The summed E-state index contributed by atoms with van der Waals surface area (Å²) in [6.07, 6.45) is -1.60. The maximum atomic E-state index is 14.2. The number of aromatic nitrogens is 2. The van der Waals surface area contributed by atoms with Gasteiger partial charge in [0.2, 0.25) is 5.72 Å². The molecule has 1 aromatic rings. The molecule has 0 amide bonds. The Morgan fingerprint density at radius 3 is 2.95 bits per heavy atom. The fourth-order valence-electron chi connectivity index (χ4n) is 2.23. The van der Waals surface area contributed by atoms with Crippen molar-refractivity contribution < 1.29 is 19.0 Å². The number of carbonyl (C=O) groups is 1. The summed E-state index contributed by atoms with van der Waals surface area (Å²) in [7, 11) is 0. The quantitative estimate of drug-likeness (QED) is 0.744. The number of carbonyl (C=O) groups excluding carboxylic acids is 1. The second-order valence-corrected chi connectivity index (χ2v) is 4.38. The molecule has 2 rings (SSSR count). The number of Topliss-reactive ketones (excluding diaryl/α,β-unsaturated/α-hetero) is 1. The van der Waals surface area contributed by atoms with Crippen LogP contribution in [0.4, 0.5) is 10.2 Å². The van der Waals surface area contributed by atoms with Crippen LogP contribution in [0.3, 0.4) is 0 Å². The van der Waals surface area contributed by atoms with Crippen molar-refractivity contribution in [1.82, 2.24) is 9.55 Å². The van der Waals surface area contributed by atoms with Gasteiger partial charge in [-0.25, -0.2) is 9.18 Å². The van der Waals surface area contributed by atoms with E-state index < -0.39 is 36.1 Å². The van der Waals surface area contributed by atoms with E-state index in [0.717, 1.165) is 11.5 Å². The lowest BCUT2D eigenvalue weighted by Crippen LogP contribution is -2.52. The Bertz CT molecular complexity index is 561. The van der Waals surface area contributed by atoms with Crippen molar-refractivity contribution in [1.29, 1.82) is 0 Å². The predicted molar refractivity (Wildman–Crippen MR) is 63.0 cm³/mol. The molecule has 2 heterocycles. The standard InChI is InChI=1S/C11H14FN3O4/c1-6(17)11(8(12)4-7(5-16)19-11)15-3-2-9(13)14-10(15)18/h2-3,7-8,16H,4-5H2,1H3,(H2,13,14,18)/t7-,8+,11+/m0/s1. The molecule has 0 bridgehead atoms. The molecule has 19 heavy (non-hydrogen) atoms. The minimum atomic E-state index is -2.08. The number of nitrogens with two attached hydrogens (primary N) is 1. The molecule has 0 spiro atoms. The van der Waals surface area contributed by atoms with E-state index in [1.807, 2.05) is 0 Å². The van der Waals surface area contributed by atoms with Crippen LogP contribution in [0.5, 0.6) is 0 Å². The first-order valence-electron chi connectivity index (χ1n) is 5.71. The molecule has 8 heteroatoms. The number of rotatable bonds is 3. The van der Waals surface area contributed by atoms with Gasteiger partial charge in [0.25, 0.3) is 0 Å². The Hall–Kier alpha value is -1.80. The van der Waals surface area contributed by atoms with Gasteiger partial charge in [-0.1, -0.05) is 0 Å². The summed E-state index contributed by atoms with van der Waals surface area (Å²) >= 11 is 0. The van der Waals surface area contributed by atoms with Crippen molar-refractivity contribution in [3.8, 4) is 0 Å². The topological polar surface area (TPSA) is 107 Å². The normalized spacial score (nSPS) is 30.5. The lowest BCUT2D eigenvalue weighted by Gasteiger charge is -2.29. The van der Waals surface area contributed by atoms with Gasteiger partial charge < -0.3 is 15.6 Å². The van der Waals surface area contributed by atoms with E-state index in [4.69, 9.17) is 15.6 Å². The first-order valence-corrected chi connectivity index (χ1v) is 5.71. The fourth-order valence-corrected chi connectivity index (χ4v) is 2.23. The van der Waals surface area contributed by atoms with Crippen LogP contribution in [0.2, 0.25) is 0 Å². The molecule has 104 valence electrons. The number of anilines is 1. The molecule has 0 aromatic carbocycles. The van der Waals surface area contributed by atoms with Crippen LogP contribution in [0.15, 0.2) is 17.1 Å². The van der Waals surface area contributed by atoms with Crippen LogP contribution in [0.25, 0.3) is 0 Å². The number of hydrogen-bond acceptors (Lipinski definition) is 6. The van der Waals surface area contributed by atoms with E-state index in [0.29, 0.717) is 0 Å². The second kappa shape index (κ2) is 4.71. The van der Waals surface area contributed by atoms with Crippen LogP contribution in [-0.2, 0) is 15.3 Å². The van der Waals surface area contributed by atoms with E-state index in [1.54, 1.807) is 0 Å². The number of hydrogen-bond donors (Lipinski definition) is 2. The van der Waals surface area contributed by atoms with Gasteiger partial charge in [0.05, 0.1) is 12.7 Å². The minimum absolute atomic E-state index is 0.0351. The van der Waals surface area contributed by atoms with Crippen molar-refractivity contribution in [3.05, 3.63) is 22.7 Å². The van der Waals surface area contributed by atoms with Gasteiger partial charge >= 0.3 is 5.69 Å². The molecule has 0 radical (unpaired) electrons. The average molecular weight is 271 g/mol. The number of aliphatic hydroxyl groups is 1. The molecule has 0 aliphatic carbocycles. The molecule has 3 N–H and O–H groups in total. The smallest absolute Gasteiger partial charge is 0.352 e. The largest absolute Gasteiger partial charge is 0.394 e. The summed E-state index contributed by atoms with van der Waals surface area (Å²) in [6.45, 7) is 0.682. The Kier molecular flexibility index (Phi) is 3.38. The van der Waals surface area contributed by atoms with Crippen LogP contribution in [-0.4, -0.2) is 39.3 Å². The van der Waals surface area contributed by atoms with E-state index in [2.05, 4.69) is 4.98 Å². The third kappa shape index (κ3) is 2.02. The van der Waals surface area contributed by atoms with Crippen LogP contribution >= 0.6 is 0 Å². The fraction of sp³-hybridized carbons (Fsp3) is 0.545. The maximum Gasteiger partial charge on any atom is 0.352 e. The van der Waals surface area contributed by atoms with Gasteiger partial charge in [-0.05, 0) is 13.0 Å². The molecule has 1 aliphatic rings. The van der Waals surface area contributed by atoms with E-state index in [9.17, 15) is 14.0 Å². The van der Waals surface area contributed by atoms with Gasteiger partial charge in [-0.3, -0.25) is 9.36 Å². The van der Waals surface area contributed by atoms with Crippen molar-refractivity contribution in [2.45, 2.75) is 31.3 Å². The summed E-state index contributed by atoms with van der Waals surface area (Å²) < 4.78 is 20.3. The summed E-state index contributed by atoms with van der Waals surface area (Å²) in [5.74, 6) is -0.711. The Labute approximate surface area is 107 Å². The van der Waals surface area contributed by atoms with Gasteiger partial charge in [0.1, 0.15) is 5.82 Å². The number of ketones is 1. The Morgan fingerprint density at radius 1 is 1.79 bits per heavy atom. The first kappa shape index (κ1) is 13.6. The minimum Gasteiger partial charge on any atom is -0.394 e. The molecule has 1 fully saturated rings. The second-order valence-electron chi connectivity index (χ2n) is 4.38. The van der Waals surface area contributed by atoms with E-state index in [1.165, 1.54) is 12.3 Å². The molecule has 1 saturated heterocycles. The molecule has 7 nitrogen and oxygen atoms in total. The van der Waals surface area contributed by atoms with Gasteiger partial charge in [0, 0.05) is 12.6 Å². The lowest BCUT2D eigenvalue weighted by molar-refractivity contribution is -0.167. The molecule has 1 aromatic heterocycles. The number of halogens is 1. The number of nitrogen functional groups attached to an aromatic ring is 1. The number of aliphatic hydroxyl groups excluding tert-OH is 1. The highest BCUT2D eigenvalue weighted by molar-refractivity contribution is 5.83. The van der Waals surface area contributed by atoms with Crippen molar-refractivity contribution in [2.75, 3.05) is 12.3 Å². The SMILES string of the molecule is CC(=O)[C@@]1(n2ccc(N)nc2=O)O[C@H](CO)C[C@H]1F. The van der Waals surface area contributed by atoms with Gasteiger partial charge in [0.15, 0.2) is 12.0 Å². The molecular formula is C11H14FN3O4. The molecular weight excluding hydrogens is 257 g/mol. The van der Waals surface area contributed by atoms with Gasteiger partial charge in [-0.15, -0.1) is 0 Å². The summed E-state index contributed by atoms with van der Waals surface area (Å²) in [5.41, 5.74) is 2.39. The van der Waals surface area contributed by atoms with Crippen molar-refractivity contribution in [3.63, 3.8) is 0 Å². The first-order chi connectivity index (χ1) is 8.91. The zero-order valence-corrected chi connectivity index (χ0v) is 10.2. The number of ether oxygens (including phenoxy) is 1. The molecule has 1 aliphatic heterocycles. The molecule has 0 unspecified atom stereocenters. The Balaban J connectivity index is 2.58. The van der Waals surface area contributed by atoms with Crippen LogP contribution in [0, 0.1) is 0 Å². The highest BCUT2D eigenvalue weighted by Gasteiger charge is 2.55. The summed E-state index contributed by atoms with van der Waals surface area (Å²) in [4.78, 5) is 27.1. The monoisotopic (exact) mass is 271 g/mol. The zero-order valence-electron chi connectivity index (χ0n) is 10.2. The summed E-state index contributed by atoms with van der Waals surface area (Å²) in [6, 6.07) is 1.27. The average Bonchev–Trinajstić information content (AvgIpc) is 2.67. The van der Waals surface area contributed by atoms with Crippen molar-refractivity contribution in [2.24, 2.45) is 0 Å². The highest BCUT2D eigenvalue weighted by atomic mass is 19.1. The van der Waals surface area contributed by atoms with Crippen molar-refractivity contribution >= 4 is 11.6 Å². The predicted octanol–water partition coefficient (Wildman–Crippen LogP) is -0.813. The number of nitrogens with zero attached hydrogens (tertiary/aromatic N) is 2. The maximum absolute atomic E-state index is 14.2. The lowest BCUT2D eigenvalue weighted by atomic mass is 10.0. The zero-order chi connectivity index (χ0) is 14.2. The molecule has 3 atom stereocenters. The van der Waals surface area contributed by atoms with Gasteiger partial charge in [-0.2, -0.15) is 4.98 Å². The summed E-state index contributed by atoms with van der Waals surface area (Å²) in [5, 5.41) is 9.03. The third-order valence-corrected chi connectivity index (χ3v) is 3.13. The number of alkyl halides is 1. The third-order valence-electron chi connectivity index (χ3n) is 3.13. The van der Waals surface area contributed by atoms with E-state index in [-0.39, 0.29) is 12.2 Å². The highest BCUT2D eigenvalue weighted by Crippen LogP contribution is 2.37. The van der Waals surface area contributed by atoms with Crippen LogP contribution < -0.4 is 11.4 Å². The van der Waals surface area contributed by atoms with Crippen LogP contribution in [0.1, 0.15) is 13.3 Å². The Morgan fingerprint density at radius 2 is 2.47 bits per heavy atom. The van der Waals surface area contributed by atoms with E-state index >= 15 is 0 Å². The molecule has 0 saturated carbocycles.